The third-order valence-electron chi connectivity index (χ3n) is 1.92. The summed E-state index contributed by atoms with van der Waals surface area (Å²) in [6.07, 6.45) is 1.20. The molecule has 0 amide bonds. The lowest BCUT2D eigenvalue weighted by atomic mass is 10.1. The highest BCUT2D eigenvalue weighted by molar-refractivity contribution is 4.66. The van der Waals surface area contributed by atoms with Crippen LogP contribution < -0.4 is 0 Å². The monoisotopic (exact) mass is 182 g/mol. The lowest BCUT2D eigenvalue weighted by Gasteiger charge is -2.19. The first-order valence-corrected chi connectivity index (χ1v) is 5.11. The molecule has 0 fully saturated rings. The molecule has 0 atom stereocenters. The van der Waals surface area contributed by atoms with E-state index in [1.807, 2.05) is 0 Å². The smallest absolute Gasteiger partial charge is 0.270 e. The predicted octanol–water partition coefficient (Wildman–Crippen LogP) is 2.87. The first kappa shape index (κ1) is 12.4. The second kappa shape index (κ2) is 6.91. The standard InChI is InChI=1S/C11H22N2/c1-10(2)6-7-13(9-12-5)8-11(3)4/h10-11H,6-9H2,1-4H3. The highest BCUT2D eigenvalue weighted by Crippen LogP contribution is 2.04. The molecule has 0 N–H and O–H groups in total. The Morgan fingerprint density at radius 3 is 2.15 bits per heavy atom. The lowest BCUT2D eigenvalue weighted by Crippen LogP contribution is -2.29. The van der Waals surface area contributed by atoms with Gasteiger partial charge in [-0.3, -0.25) is 4.85 Å². The number of hydrogen-bond acceptors (Lipinski definition) is 1. The van der Waals surface area contributed by atoms with E-state index in [0.717, 1.165) is 19.0 Å². The molecule has 0 radical (unpaired) electrons. The second-order valence-electron chi connectivity index (χ2n) is 4.45. The second-order valence-corrected chi connectivity index (χ2v) is 4.45. The van der Waals surface area contributed by atoms with E-state index in [1.54, 1.807) is 0 Å². The van der Waals surface area contributed by atoms with Crippen LogP contribution in [0.1, 0.15) is 34.1 Å². The molecule has 0 saturated heterocycles. The maximum absolute atomic E-state index is 6.85. The van der Waals surface area contributed by atoms with E-state index in [4.69, 9.17) is 6.57 Å². The number of rotatable bonds is 6. The zero-order valence-electron chi connectivity index (χ0n) is 9.38. The molecule has 0 aliphatic rings. The molecule has 0 aromatic carbocycles. The average Bonchev–Trinajstić information content (AvgIpc) is 1.99. The zero-order valence-corrected chi connectivity index (χ0v) is 9.38. The first-order valence-electron chi connectivity index (χ1n) is 5.11. The van der Waals surface area contributed by atoms with Gasteiger partial charge in [0, 0.05) is 13.1 Å². The Bertz CT molecular complexity index is 156. The fourth-order valence-electron chi connectivity index (χ4n) is 1.28. The van der Waals surface area contributed by atoms with Crippen LogP contribution in [0.4, 0.5) is 0 Å². The predicted molar refractivity (Wildman–Crippen MR) is 57.3 cm³/mol. The van der Waals surface area contributed by atoms with Gasteiger partial charge in [-0.15, -0.1) is 0 Å². The van der Waals surface area contributed by atoms with Crippen molar-refractivity contribution in [3.63, 3.8) is 0 Å². The third-order valence-corrected chi connectivity index (χ3v) is 1.92. The number of hydrogen-bond donors (Lipinski definition) is 0. The summed E-state index contributed by atoms with van der Waals surface area (Å²) >= 11 is 0. The van der Waals surface area contributed by atoms with Crippen LogP contribution in [0.3, 0.4) is 0 Å². The summed E-state index contributed by atoms with van der Waals surface area (Å²) in [6.45, 7) is 18.4. The van der Waals surface area contributed by atoms with E-state index in [2.05, 4.69) is 37.4 Å². The largest absolute Gasteiger partial charge is 0.299 e. The van der Waals surface area contributed by atoms with Crippen LogP contribution >= 0.6 is 0 Å². The Morgan fingerprint density at radius 1 is 1.15 bits per heavy atom. The zero-order chi connectivity index (χ0) is 10.3. The van der Waals surface area contributed by atoms with Crippen molar-refractivity contribution in [3.05, 3.63) is 11.4 Å². The molecular formula is C11H22N2. The molecule has 76 valence electrons. The summed E-state index contributed by atoms with van der Waals surface area (Å²) in [5.41, 5.74) is 0. The van der Waals surface area contributed by atoms with E-state index in [-0.39, 0.29) is 0 Å². The molecule has 0 aromatic rings. The van der Waals surface area contributed by atoms with Gasteiger partial charge in [0.2, 0.25) is 0 Å². The van der Waals surface area contributed by atoms with E-state index in [0.29, 0.717) is 12.6 Å². The quantitative estimate of drug-likeness (QED) is 0.573. The van der Waals surface area contributed by atoms with Gasteiger partial charge in [-0.05, 0) is 18.3 Å². The van der Waals surface area contributed by atoms with Gasteiger partial charge in [0.05, 0.1) is 0 Å². The summed E-state index contributed by atoms with van der Waals surface area (Å²) in [7, 11) is 0. The van der Waals surface area contributed by atoms with Crippen molar-refractivity contribution in [1.29, 1.82) is 0 Å². The van der Waals surface area contributed by atoms with E-state index >= 15 is 0 Å². The fraction of sp³-hybridized carbons (Fsp3) is 0.909. The van der Waals surface area contributed by atoms with Crippen molar-refractivity contribution >= 4 is 0 Å². The van der Waals surface area contributed by atoms with Crippen LogP contribution in [0.2, 0.25) is 0 Å². The van der Waals surface area contributed by atoms with Gasteiger partial charge in [0.25, 0.3) is 6.67 Å². The summed E-state index contributed by atoms with van der Waals surface area (Å²) < 4.78 is 0. The van der Waals surface area contributed by atoms with Crippen LogP contribution in [-0.4, -0.2) is 24.7 Å². The van der Waals surface area contributed by atoms with Gasteiger partial charge in [0.15, 0.2) is 0 Å². The SMILES string of the molecule is [C-]#[N+]CN(CCC(C)C)CC(C)C. The van der Waals surface area contributed by atoms with Crippen LogP contribution in [-0.2, 0) is 0 Å². The highest BCUT2D eigenvalue weighted by atomic mass is 15.2. The van der Waals surface area contributed by atoms with Gasteiger partial charge in [-0.25, -0.2) is 11.5 Å². The minimum atomic E-state index is 0.560. The normalized spacial score (nSPS) is 11.2. The minimum absolute atomic E-state index is 0.560. The Morgan fingerprint density at radius 2 is 1.77 bits per heavy atom. The topological polar surface area (TPSA) is 7.60 Å². The van der Waals surface area contributed by atoms with Crippen molar-refractivity contribution < 1.29 is 0 Å². The molecule has 0 aliphatic heterocycles. The van der Waals surface area contributed by atoms with Crippen LogP contribution in [0, 0.1) is 18.4 Å². The highest BCUT2D eigenvalue weighted by Gasteiger charge is 2.09. The Kier molecular flexibility index (Phi) is 6.62. The summed E-state index contributed by atoms with van der Waals surface area (Å²) in [5, 5.41) is 0. The number of nitrogens with zero attached hydrogens (tertiary/aromatic N) is 2. The minimum Gasteiger partial charge on any atom is -0.299 e. The Balaban J connectivity index is 3.74. The van der Waals surface area contributed by atoms with E-state index in [9.17, 15) is 0 Å². The Hall–Kier alpha value is -0.550. The van der Waals surface area contributed by atoms with Gasteiger partial charge in [-0.2, -0.15) is 0 Å². The van der Waals surface area contributed by atoms with Crippen LogP contribution in [0.15, 0.2) is 0 Å². The summed E-state index contributed by atoms with van der Waals surface area (Å²) in [6, 6.07) is 0. The van der Waals surface area contributed by atoms with Crippen LogP contribution in [0.5, 0.6) is 0 Å². The maximum Gasteiger partial charge on any atom is 0.270 e. The van der Waals surface area contributed by atoms with Crippen molar-refractivity contribution in [2.75, 3.05) is 19.8 Å². The molecule has 0 bridgehead atoms. The summed E-state index contributed by atoms with van der Waals surface area (Å²) in [5.74, 6) is 1.40. The fourth-order valence-corrected chi connectivity index (χ4v) is 1.28. The first-order chi connectivity index (χ1) is 6.06. The van der Waals surface area contributed by atoms with Gasteiger partial charge in [0.1, 0.15) is 0 Å². The molecular weight excluding hydrogens is 160 g/mol. The molecule has 0 heterocycles. The van der Waals surface area contributed by atoms with Crippen LogP contribution in [0.25, 0.3) is 4.85 Å². The lowest BCUT2D eigenvalue weighted by molar-refractivity contribution is 0.252. The molecule has 0 aliphatic carbocycles. The third kappa shape index (κ3) is 7.80. The van der Waals surface area contributed by atoms with Gasteiger partial charge < -0.3 is 0 Å². The summed E-state index contributed by atoms with van der Waals surface area (Å²) in [4.78, 5) is 5.69. The van der Waals surface area contributed by atoms with Gasteiger partial charge in [-0.1, -0.05) is 27.7 Å². The Labute approximate surface area is 82.8 Å². The van der Waals surface area contributed by atoms with Crippen molar-refractivity contribution in [2.45, 2.75) is 34.1 Å². The molecule has 13 heavy (non-hydrogen) atoms. The molecule has 2 nitrogen and oxygen atoms in total. The van der Waals surface area contributed by atoms with Gasteiger partial charge >= 0.3 is 0 Å². The molecule has 0 spiro atoms. The van der Waals surface area contributed by atoms with Crippen molar-refractivity contribution in [1.82, 2.24) is 4.90 Å². The maximum atomic E-state index is 6.85. The molecule has 0 saturated carbocycles. The van der Waals surface area contributed by atoms with E-state index < -0.39 is 0 Å². The molecule has 0 aromatic heterocycles. The molecule has 0 unspecified atom stereocenters. The van der Waals surface area contributed by atoms with Crippen molar-refractivity contribution in [2.24, 2.45) is 11.8 Å². The average molecular weight is 182 g/mol. The molecule has 0 rings (SSSR count). The molecule has 2 heteroatoms. The van der Waals surface area contributed by atoms with Crippen molar-refractivity contribution in [3.8, 4) is 0 Å². The van der Waals surface area contributed by atoms with E-state index in [1.165, 1.54) is 6.42 Å².